The van der Waals surface area contributed by atoms with Gasteiger partial charge in [0.2, 0.25) is 0 Å². The third-order valence-electron chi connectivity index (χ3n) is 3.74. The predicted molar refractivity (Wildman–Crippen MR) is 88.1 cm³/mol. The van der Waals surface area contributed by atoms with Gasteiger partial charge in [0.25, 0.3) is 0 Å². The molecule has 0 aromatic heterocycles. The fourth-order valence-corrected chi connectivity index (χ4v) is 3.04. The molecule has 1 saturated heterocycles. The second kappa shape index (κ2) is 8.29. The zero-order chi connectivity index (χ0) is 15.1. The first kappa shape index (κ1) is 16.2. The Kier molecular flexibility index (Phi) is 6.39. The van der Waals surface area contributed by atoms with Crippen LogP contribution in [0.3, 0.4) is 0 Å². The average Bonchev–Trinajstić information content (AvgIpc) is 3.01. The highest BCUT2D eigenvalue weighted by Gasteiger charge is 2.16. The number of ether oxygens (including phenoxy) is 1. The molecule has 21 heavy (non-hydrogen) atoms. The van der Waals surface area contributed by atoms with Gasteiger partial charge in [-0.3, -0.25) is 0 Å². The van der Waals surface area contributed by atoms with Gasteiger partial charge in [0.05, 0.1) is 11.8 Å². The maximum atomic E-state index is 12.2. The lowest BCUT2D eigenvalue weighted by molar-refractivity contribution is 0.101. The van der Waals surface area contributed by atoms with Crippen LogP contribution in [0.15, 0.2) is 29.2 Å². The van der Waals surface area contributed by atoms with E-state index in [1.807, 2.05) is 37.6 Å². The van der Waals surface area contributed by atoms with Crippen LogP contribution in [0.1, 0.15) is 25.7 Å². The molecule has 1 fully saturated rings. The summed E-state index contributed by atoms with van der Waals surface area (Å²) in [5.74, 6) is 0. The van der Waals surface area contributed by atoms with E-state index in [4.69, 9.17) is 4.74 Å². The van der Waals surface area contributed by atoms with Crippen molar-refractivity contribution in [1.82, 2.24) is 4.90 Å². The summed E-state index contributed by atoms with van der Waals surface area (Å²) in [5.41, 5.74) is 0.876. The van der Waals surface area contributed by atoms with E-state index in [0.29, 0.717) is 6.10 Å². The van der Waals surface area contributed by atoms with Gasteiger partial charge in [0, 0.05) is 25.1 Å². The van der Waals surface area contributed by atoms with Crippen LogP contribution in [0.5, 0.6) is 0 Å². The van der Waals surface area contributed by atoms with Crippen LogP contribution >= 0.6 is 11.8 Å². The van der Waals surface area contributed by atoms with Crippen LogP contribution < -0.4 is 5.32 Å². The standard InChI is InChI=1S/C16H24N2O2S/c1-18(11-5-7-13-8-6-12-20-13)16(19)17-14-9-3-4-10-15(14)21-2/h3-4,9-10,13H,5-8,11-12H2,1-2H3,(H,17,19)/t13-/m1/s1. The van der Waals surface area contributed by atoms with Crippen molar-refractivity contribution >= 4 is 23.5 Å². The van der Waals surface area contributed by atoms with E-state index < -0.39 is 0 Å². The second-order valence-corrected chi connectivity index (χ2v) is 6.18. The fraction of sp³-hybridized carbons (Fsp3) is 0.562. The minimum Gasteiger partial charge on any atom is -0.378 e. The van der Waals surface area contributed by atoms with Crippen LogP contribution in [0.2, 0.25) is 0 Å². The summed E-state index contributed by atoms with van der Waals surface area (Å²) in [4.78, 5) is 15.0. The van der Waals surface area contributed by atoms with Gasteiger partial charge >= 0.3 is 6.03 Å². The van der Waals surface area contributed by atoms with Crippen LogP contribution in [0.25, 0.3) is 0 Å². The number of rotatable bonds is 6. The molecule has 1 N–H and O–H groups in total. The van der Waals surface area contributed by atoms with E-state index in [1.165, 1.54) is 6.42 Å². The highest BCUT2D eigenvalue weighted by atomic mass is 32.2. The molecule has 2 amide bonds. The van der Waals surface area contributed by atoms with Crippen LogP contribution in [-0.4, -0.2) is 43.5 Å². The molecule has 1 aliphatic rings. The zero-order valence-electron chi connectivity index (χ0n) is 12.8. The van der Waals surface area contributed by atoms with Gasteiger partial charge in [0.15, 0.2) is 0 Å². The summed E-state index contributed by atoms with van der Waals surface area (Å²) in [7, 11) is 1.84. The van der Waals surface area contributed by atoms with Crippen molar-refractivity contribution in [3.05, 3.63) is 24.3 Å². The van der Waals surface area contributed by atoms with Crippen molar-refractivity contribution in [2.24, 2.45) is 0 Å². The normalized spacial score (nSPS) is 17.7. The smallest absolute Gasteiger partial charge is 0.321 e. The Balaban J connectivity index is 1.76. The topological polar surface area (TPSA) is 41.6 Å². The van der Waals surface area contributed by atoms with Gasteiger partial charge in [-0.05, 0) is 44.1 Å². The number of nitrogens with one attached hydrogen (secondary N) is 1. The molecule has 0 saturated carbocycles. The maximum absolute atomic E-state index is 12.2. The van der Waals surface area contributed by atoms with Crippen molar-refractivity contribution in [3.8, 4) is 0 Å². The van der Waals surface area contributed by atoms with Gasteiger partial charge in [-0.15, -0.1) is 11.8 Å². The largest absolute Gasteiger partial charge is 0.378 e. The number of nitrogens with zero attached hydrogens (tertiary/aromatic N) is 1. The molecule has 1 heterocycles. The fourth-order valence-electron chi connectivity index (χ4n) is 2.49. The number of carbonyl (C=O) groups is 1. The Hall–Kier alpha value is -1.20. The van der Waals surface area contributed by atoms with Crippen molar-refractivity contribution in [1.29, 1.82) is 0 Å². The minimum absolute atomic E-state index is 0.0520. The number of hydrogen-bond donors (Lipinski definition) is 1. The molecule has 1 aliphatic heterocycles. The highest BCUT2D eigenvalue weighted by molar-refractivity contribution is 7.98. The lowest BCUT2D eigenvalue weighted by atomic mass is 10.1. The lowest BCUT2D eigenvalue weighted by Crippen LogP contribution is -2.32. The first-order chi connectivity index (χ1) is 10.2. The number of hydrogen-bond acceptors (Lipinski definition) is 3. The summed E-state index contributed by atoms with van der Waals surface area (Å²) >= 11 is 1.63. The van der Waals surface area contributed by atoms with E-state index in [9.17, 15) is 4.79 Å². The van der Waals surface area contributed by atoms with Gasteiger partial charge in [-0.2, -0.15) is 0 Å². The number of anilines is 1. The summed E-state index contributed by atoms with van der Waals surface area (Å²) in [5, 5.41) is 2.97. The van der Waals surface area contributed by atoms with Gasteiger partial charge < -0.3 is 15.0 Å². The summed E-state index contributed by atoms with van der Waals surface area (Å²) in [6.07, 6.45) is 6.77. The highest BCUT2D eigenvalue weighted by Crippen LogP contribution is 2.24. The monoisotopic (exact) mass is 308 g/mol. The Labute approximate surface area is 131 Å². The molecular weight excluding hydrogens is 284 g/mol. The van der Waals surface area contributed by atoms with E-state index >= 15 is 0 Å². The number of para-hydroxylation sites is 1. The second-order valence-electron chi connectivity index (χ2n) is 5.33. The van der Waals surface area contributed by atoms with E-state index in [0.717, 1.165) is 43.0 Å². The van der Waals surface area contributed by atoms with Crippen molar-refractivity contribution < 1.29 is 9.53 Å². The number of urea groups is 1. The third-order valence-corrected chi connectivity index (χ3v) is 4.53. The summed E-state index contributed by atoms with van der Waals surface area (Å²) < 4.78 is 5.60. The van der Waals surface area contributed by atoms with Gasteiger partial charge in [-0.1, -0.05) is 12.1 Å². The van der Waals surface area contributed by atoms with E-state index in [1.54, 1.807) is 16.7 Å². The van der Waals surface area contributed by atoms with Crippen LogP contribution in [0.4, 0.5) is 10.5 Å². The van der Waals surface area contributed by atoms with Gasteiger partial charge in [-0.25, -0.2) is 4.79 Å². The van der Waals surface area contributed by atoms with Crippen LogP contribution in [-0.2, 0) is 4.74 Å². The summed E-state index contributed by atoms with van der Waals surface area (Å²) in [6, 6.07) is 7.81. The molecule has 0 aliphatic carbocycles. The first-order valence-corrected chi connectivity index (χ1v) is 8.70. The zero-order valence-corrected chi connectivity index (χ0v) is 13.6. The molecule has 4 nitrogen and oxygen atoms in total. The molecule has 5 heteroatoms. The minimum atomic E-state index is -0.0520. The first-order valence-electron chi connectivity index (χ1n) is 7.47. The molecule has 1 atom stereocenters. The van der Waals surface area contributed by atoms with Gasteiger partial charge in [0.1, 0.15) is 0 Å². The Morgan fingerprint density at radius 1 is 1.48 bits per heavy atom. The SMILES string of the molecule is CSc1ccccc1NC(=O)N(C)CCC[C@@H]1CCCO1. The third kappa shape index (κ3) is 4.93. The molecule has 116 valence electrons. The van der Waals surface area contributed by atoms with E-state index in [-0.39, 0.29) is 6.03 Å². The number of benzene rings is 1. The molecule has 1 aromatic rings. The molecule has 0 unspecified atom stereocenters. The Bertz CT molecular complexity index is 461. The molecule has 0 radical (unpaired) electrons. The number of carbonyl (C=O) groups excluding carboxylic acids is 1. The Morgan fingerprint density at radius 3 is 3.00 bits per heavy atom. The number of amides is 2. The quantitative estimate of drug-likeness (QED) is 0.812. The number of thioether (sulfide) groups is 1. The molecular formula is C16H24N2O2S. The molecule has 2 rings (SSSR count). The molecule has 1 aromatic carbocycles. The van der Waals surface area contributed by atoms with Crippen molar-refractivity contribution in [2.45, 2.75) is 36.7 Å². The molecule has 0 spiro atoms. The molecule has 0 bridgehead atoms. The van der Waals surface area contributed by atoms with E-state index in [2.05, 4.69) is 5.32 Å². The maximum Gasteiger partial charge on any atom is 0.321 e. The predicted octanol–water partition coefficient (Wildman–Crippen LogP) is 3.83. The lowest BCUT2D eigenvalue weighted by Gasteiger charge is -2.19. The van der Waals surface area contributed by atoms with Crippen LogP contribution in [0, 0.1) is 0 Å². The Morgan fingerprint density at radius 2 is 2.29 bits per heavy atom. The van der Waals surface area contributed by atoms with Crippen molar-refractivity contribution in [3.63, 3.8) is 0 Å². The summed E-state index contributed by atoms with van der Waals surface area (Å²) in [6.45, 7) is 1.65. The van der Waals surface area contributed by atoms with Crippen molar-refractivity contribution in [2.75, 3.05) is 31.8 Å². The average molecular weight is 308 g/mol.